The van der Waals surface area contributed by atoms with Crippen LogP contribution in [0, 0.1) is 0 Å². The molecule has 0 aromatic carbocycles. The molecule has 0 spiro atoms. The maximum atomic E-state index is 10.4. The number of imidazole rings is 1. The van der Waals surface area contributed by atoms with Crippen molar-refractivity contribution in [2.24, 2.45) is 0 Å². The van der Waals surface area contributed by atoms with Gasteiger partial charge in [-0.05, 0) is 12.8 Å². The summed E-state index contributed by atoms with van der Waals surface area (Å²) in [5.74, 6) is 0.815. The van der Waals surface area contributed by atoms with Gasteiger partial charge in [0.2, 0.25) is 5.95 Å². The first kappa shape index (κ1) is 15.5. The number of nitrogens with two attached hydrogens (primary N) is 1. The fourth-order valence-electron chi connectivity index (χ4n) is 3.38. The number of hydrogen-bond acceptors (Lipinski definition) is 9. The van der Waals surface area contributed by atoms with Crippen molar-refractivity contribution in [2.45, 2.75) is 37.4 Å². The Morgan fingerprint density at radius 1 is 1.21 bits per heavy atom. The maximum absolute atomic E-state index is 10.4. The van der Waals surface area contributed by atoms with Crippen molar-refractivity contribution in [2.75, 3.05) is 30.3 Å². The highest BCUT2D eigenvalue weighted by molar-refractivity contribution is 5.84. The van der Waals surface area contributed by atoms with Crippen LogP contribution in [0.25, 0.3) is 11.2 Å². The zero-order chi connectivity index (χ0) is 16.8. The number of fused-ring (bicyclic) bond motifs is 1. The first-order valence-electron chi connectivity index (χ1n) is 7.97. The van der Waals surface area contributed by atoms with Crippen LogP contribution in [0.5, 0.6) is 0 Å². The molecule has 4 heterocycles. The van der Waals surface area contributed by atoms with Crippen LogP contribution in [0.3, 0.4) is 0 Å². The molecule has 5 N–H and O–H groups in total. The lowest BCUT2D eigenvalue weighted by molar-refractivity contribution is -0.0504. The molecular formula is C14H20N6O4. The number of aliphatic hydroxyl groups excluding tert-OH is 3. The SMILES string of the molecule is Nc1ncnc2c1nc(N1CCCC1)n2[C@@H]1O[C@@H](CO)[C@@H](O)[C@@H]1O. The molecule has 130 valence electrons. The Balaban J connectivity index is 1.86. The summed E-state index contributed by atoms with van der Waals surface area (Å²) in [6.45, 7) is 1.26. The smallest absolute Gasteiger partial charge is 0.210 e. The Kier molecular flexibility index (Phi) is 3.76. The molecule has 2 saturated heterocycles. The van der Waals surface area contributed by atoms with E-state index in [0.717, 1.165) is 25.9 Å². The van der Waals surface area contributed by atoms with Crippen LogP contribution in [0.15, 0.2) is 6.33 Å². The normalized spacial score (nSPS) is 30.5. The predicted molar refractivity (Wildman–Crippen MR) is 84.2 cm³/mol. The number of hydrogen-bond donors (Lipinski definition) is 4. The molecule has 0 amide bonds. The standard InChI is InChI=1S/C14H20N6O4/c15-11-8-12(17-6-16-11)20(14(18-8)19-3-1-2-4-19)13-10(23)9(22)7(5-21)24-13/h6-7,9-10,13,21-23H,1-5H2,(H2,15,16,17)/t7-,9+,10-,13+/m0/s1. The average molecular weight is 336 g/mol. The van der Waals surface area contributed by atoms with Crippen molar-refractivity contribution in [3.8, 4) is 0 Å². The Labute approximate surface area is 137 Å². The molecule has 0 radical (unpaired) electrons. The quantitative estimate of drug-likeness (QED) is 0.533. The summed E-state index contributed by atoms with van der Waals surface area (Å²) >= 11 is 0. The third kappa shape index (κ3) is 2.22. The van der Waals surface area contributed by atoms with Crippen LogP contribution < -0.4 is 10.6 Å². The van der Waals surface area contributed by atoms with Crippen molar-refractivity contribution in [1.29, 1.82) is 0 Å². The van der Waals surface area contributed by atoms with Crippen LogP contribution in [0.1, 0.15) is 19.1 Å². The fraction of sp³-hybridized carbons (Fsp3) is 0.643. The molecule has 10 nitrogen and oxygen atoms in total. The van der Waals surface area contributed by atoms with Gasteiger partial charge in [-0.1, -0.05) is 0 Å². The highest BCUT2D eigenvalue weighted by Crippen LogP contribution is 2.36. The molecule has 2 aliphatic heterocycles. The van der Waals surface area contributed by atoms with Gasteiger partial charge in [-0.15, -0.1) is 0 Å². The number of aromatic nitrogens is 4. The van der Waals surface area contributed by atoms with Crippen LogP contribution in [0.2, 0.25) is 0 Å². The Morgan fingerprint density at radius 3 is 2.62 bits per heavy atom. The molecule has 2 aromatic rings. The molecule has 0 saturated carbocycles. The van der Waals surface area contributed by atoms with Gasteiger partial charge in [0.1, 0.15) is 24.6 Å². The highest BCUT2D eigenvalue weighted by Gasteiger charge is 2.45. The Morgan fingerprint density at radius 2 is 1.96 bits per heavy atom. The van der Waals surface area contributed by atoms with E-state index < -0.39 is 31.1 Å². The molecule has 4 atom stereocenters. The van der Waals surface area contributed by atoms with Gasteiger partial charge in [0.25, 0.3) is 0 Å². The first-order valence-corrected chi connectivity index (χ1v) is 7.97. The minimum Gasteiger partial charge on any atom is -0.394 e. The van der Waals surface area contributed by atoms with Crippen LogP contribution >= 0.6 is 0 Å². The van der Waals surface area contributed by atoms with E-state index in [2.05, 4.69) is 19.9 Å². The van der Waals surface area contributed by atoms with Gasteiger partial charge >= 0.3 is 0 Å². The van der Waals surface area contributed by atoms with E-state index in [9.17, 15) is 15.3 Å². The van der Waals surface area contributed by atoms with E-state index in [4.69, 9.17) is 10.5 Å². The van der Waals surface area contributed by atoms with Gasteiger partial charge in [0.05, 0.1) is 6.61 Å². The highest BCUT2D eigenvalue weighted by atomic mass is 16.6. The van der Waals surface area contributed by atoms with Crippen molar-refractivity contribution >= 4 is 22.9 Å². The second-order valence-corrected chi connectivity index (χ2v) is 6.14. The summed E-state index contributed by atoms with van der Waals surface area (Å²) < 4.78 is 7.31. The number of nitrogen functional groups attached to an aromatic ring is 1. The van der Waals surface area contributed by atoms with Crippen molar-refractivity contribution in [3.05, 3.63) is 6.33 Å². The van der Waals surface area contributed by atoms with Gasteiger partial charge in [0.15, 0.2) is 23.2 Å². The van der Waals surface area contributed by atoms with E-state index in [1.165, 1.54) is 6.33 Å². The summed E-state index contributed by atoms with van der Waals surface area (Å²) in [7, 11) is 0. The number of ether oxygens (including phenoxy) is 1. The number of rotatable bonds is 3. The predicted octanol–water partition coefficient (Wildman–Crippen LogP) is -1.38. The summed E-state index contributed by atoms with van der Waals surface area (Å²) in [5, 5.41) is 29.8. The Bertz CT molecular complexity index is 746. The van der Waals surface area contributed by atoms with Gasteiger partial charge in [-0.25, -0.2) is 15.0 Å². The molecule has 2 aliphatic rings. The zero-order valence-corrected chi connectivity index (χ0v) is 13.0. The molecule has 0 unspecified atom stereocenters. The van der Waals surface area contributed by atoms with E-state index in [0.29, 0.717) is 17.1 Å². The third-order valence-electron chi connectivity index (χ3n) is 4.65. The lowest BCUT2D eigenvalue weighted by Gasteiger charge is -2.23. The Hall–Kier alpha value is -2.01. The molecule has 0 bridgehead atoms. The van der Waals surface area contributed by atoms with Crippen molar-refractivity contribution < 1.29 is 20.1 Å². The topological polar surface area (TPSA) is 143 Å². The lowest BCUT2D eigenvalue weighted by atomic mass is 10.1. The second-order valence-electron chi connectivity index (χ2n) is 6.14. The van der Waals surface area contributed by atoms with E-state index in [1.54, 1.807) is 4.57 Å². The molecule has 10 heteroatoms. The van der Waals surface area contributed by atoms with Gasteiger partial charge in [-0.2, -0.15) is 0 Å². The summed E-state index contributed by atoms with van der Waals surface area (Å²) in [6.07, 6.45) is -0.772. The number of aliphatic hydroxyl groups is 3. The van der Waals surface area contributed by atoms with Crippen LogP contribution in [-0.2, 0) is 4.74 Å². The minimum atomic E-state index is -1.21. The van der Waals surface area contributed by atoms with Crippen molar-refractivity contribution in [1.82, 2.24) is 19.5 Å². The number of nitrogens with zero attached hydrogens (tertiary/aromatic N) is 5. The molecular weight excluding hydrogens is 316 g/mol. The van der Waals surface area contributed by atoms with Crippen LogP contribution in [0.4, 0.5) is 11.8 Å². The monoisotopic (exact) mass is 336 g/mol. The summed E-state index contributed by atoms with van der Waals surface area (Å²) in [5.41, 5.74) is 6.77. The lowest BCUT2D eigenvalue weighted by Crippen LogP contribution is -2.34. The van der Waals surface area contributed by atoms with Gasteiger partial charge in [-0.3, -0.25) is 4.57 Å². The van der Waals surface area contributed by atoms with Gasteiger partial charge in [0, 0.05) is 13.1 Å². The van der Waals surface area contributed by atoms with E-state index in [1.807, 2.05) is 0 Å². The van der Waals surface area contributed by atoms with Gasteiger partial charge < -0.3 is 30.7 Å². The first-order chi connectivity index (χ1) is 11.6. The average Bonchev–Trinajstić information content (AvgIpc) is 3.27. The maximum Gasteiger partial charge on any atom is 0.210 e. The fourth-order valence-corrected chi connectivity index (χ4v) is 3.38. The van der Waals surface area contributed by atoms with Crippen molar-refractivity contribution in [3.63, 3.8) is 0 Å². The zero-order valence-electron chi connectivity index (χ0n) is 13.0. The molecule has 0 aliphatic carbocycles. The molecule has 2 fully saturated rings. The summed E-state index contributed by atoms with van der Waals surface area (Å²) in [6, 6.07) is 0. The second kappa shape index (κ2) is 5.81. The van der Waals surface area contributed by atoms with E-state index >= 15 is 0 Å². The molecule has 4 rings (SSSR count). The third-order valence-corrected chi connectivity index (χ3v) is 4.65. The largest absolute Gasteiger partial charge is 0.394 e. The minimum absolute atomic E-state index is 0.242. The van der Waals surface area contributed by atoms with E-state index in [-0.39, 0.29) is 5.82 Å². The molecule has 24 heavy (non-hydrogen) atoms. The molecule has 2 aromatic heterocycles. The van der Waals surface area contributed by atoms with Crippen LogP contribution in [-0.4, -0.2) is 72.8 Å². The summed E-state index contributed by atoms with van der Waals surface area (Å²) in [4.78, 5) is 14.8. The number of anilines is 2.